The minimum Gasteiger partial charge on any atom is -0.319 e. The number of nitrogens with zero attached hydrogens (tertiary/aromatic N) is 2. The van der Waals surface area contributed by atoms with Crippen LogP contribution in [0.4, 0.5) is 0 Å². The van der Waals surface area contributed by atoms with E-state index in [1.54, 1.807) is 32.0 Å². The lowest BCUT2D eigenvalue weighted by Gasteiger charge is -2.04. The number of allylic oxidation sites excluding steroid dienone is 1. The summed E-state index contributed by atoms with van der Waals surface area (Å²) >= 11 is 0. The van der Waals surface area contributed by atoms with E-state index in [9.17, 15) is 4.57 Å². The molecule has 4 heteroatoms. The molecule has 0 bridgehead atoms. The summed E-state index contributed by atoms with van der Waals surface area (Å²) in [5.74, 6) is 0. The molecule has 0 amide bonds. The van der Waals surface area contributed by atoms with E-state index < -0.39 is 7.14 Å². The van der Waals surface area contributed by atoms with Crippen LogP contribution < -0.4 is 0 Å². The Bertz CT molecular complexity index is 298. The van der Waals surface area contributed by atoms with Crippen molar-refractivity contribution in [3.63, 3.8) is 0 Å². The van der Waals surface area contributed by atoms with Gasteiger partial charge in [-0.15, -0.1) is 0 Å². The number of hydrogen-bond donors (Lipinski definition) is 0. The summed E-state index contributed by atoms with van der Waals surface area (Å²) in [4.78, 5) is 8.17. The predicted molar refractivity (Wildman–Crippen MR) is 54.0 cm³/mol. The lowest BCUT2D eigenvalue weighted by molar-refractivity contribution is 0.587. The minimum absolute atomic E-state index is 0.0882. The van der Waals surface area contributed by atoms with Crippen molar-refractivity contribution in [1.82, 2.24) is 0 Å². The van der Waals surface area contributed by atoms with Gasteiger partial charge in [0.05, 0.1) is 6.04 Å². The molecule has 66 valence electrons. The van der Waals surface area contributed by atoms with Gasteiger partial charge in [-0.1, -0.05) is 0 Å². The summed E-state index contributed by atoms with van der Waals surface area (Å²) in [7, 11) is -2.20. The van der Waals surface area contributed by atoms with E-state index in [-0.39, 0.29) is 6.04 Å². The smallest absolute Gasteiger partial charge is 0.112 e. The Labute approximate surface area is 72.7 Å². The van der Waals surface area contributed by atoms with Gasteiger partial charge in [0, 0.05) is 23.9 Å². The first kappa shape index (κ1) is 9.40. The highest BCUT2D eigenvalue weighted by molar-refractivity contribution is 7.67. The molecule has 0 N–H and O–H groups in total. The topological polar surface area (TPSA) is 41.8 Å². The third-order valence-electron chi connectivity index (χ3n) is 1.57. The van der Waals surface area contributed by atoms with Crippen LogP contribution in [0.3, 0.4) is 0 Å². The standard InChI is InChI=1S/C8H13N2OP/c1-7-4-9-5-8(6-10-7)12(2,3)11/h4-7H,1-3H3/t7-/m0/s1. The molecule has 0 spiro atoms. The molecule has 0 aromatic carbocycles. The van der Waals surface area contributed by atoms with Crippen molar-refractivity contribution in [3.05, 3.63) is 11.5 Å². The SMILES string of the molecule is C[C@H]1C=NC=C(P(C)(C)=O)C=N1. The summed E-state index contributed by atoms with van der Waals surface area (Å²) in [6.07, 6.45) is 5.03. The van der Waals surface area contributed by atoms with Crippen molar-refractivity contribution in [2.75, 3.05) is 13.3 Å². The van der Waals surface area contributed by atoms with Gasteiger partial charge in [-0.3, -0.25) is 9.98 Å². The highest BCUT2D eigenvalue weighted by atomic mass is 31.2. The van der Waals surface area contributed by atoms with E-state index >= 15 is 0 Å². The fourth-order valence-corrected chi connectivity index (χ4v) is 1.48. The van der Waals surface area contributed by atoms with Crippen LogP contribution in [0.25, 0.3) is 0 Å². The van der Waals surface area contributed by atoms with E-state index in [1.165, 1.54) is 0 Å². The van der Waals surface area contributed by atoms with Crippen molar-refractivity contribution in [1.29, 1.82) is 0 Å². The molecule has 1 rings (SSSR count). The van der Waals surface area contributed by atoms with Crippen LogP contribution in [0.2, 0.25) is 0 Å². The zero-order chi connectivity index (χ0) is 9.19. The van der Waals surface area contributed by atoms with Crippen LogP contribution in [0, 0.1) is 0 Å². The van der Waals surface area contributed by atoms with Gasteiger partial charge in [0.15, 0.2) is 0 Å². The molecule has 0 radical (unpaired) electrons. The van der Waals surface area contributed by atoms with Crippen LogP contribution in [0.15, 0.2) is 21.5 Å². The molecule has 0 saturated carbocycles. The van der Waals surface area contributed by atoms with Crippen LogP contribution in [-0.4, -0.2) is 31.8 Å². The fraction of sp³-hybridized carbons (Fsp3) is 0.500. The molecule has 1 atom stereocenters. The Hall–Kier alpha value is -0.690. The van der Waals surface area contributed by atoms with Gasteiger partial charge in [0.1, 0.15) is 7.14 Å². The molecular weight excluding hydrogens is 171 g/mol. The van der Waals surface area contributed by atoms with Crippen LogP contribution in [0.5, 0.6) is 0 Å². The normalized spacial score (nSPS) is 23.6. The molecule has 1 aliphatic heterocycles. The summed E-state index contributed by atoms with van der Waals surface area (Å²) in [5.41, 5.74) is 0. The average molecular weight is 184 g/mol. The summed E-state index contributed by atoms with van der Waals surface area (Å²) in [6.45, 7) is 5.37. The lowest BCUT2D eigenvalue weighted by atomic mass is 10.4. The maximum absolute atomic E-state index is 11.6. The third-order valence-corrected chi connectivity index (χ3v) is 3.05. The monoisotopic (exact) mass is 184 g/mol. The third kappa shape index (κ3) is 2.42. The van der Waals surface area contributed by atoms with Gasteiger partial charge >= 0.3 is 0 Å². The first-order valence-electron chi connectivity index (χ1n) is 3.82. The van der Waals surface area contributed by atoms with Crippen molar-refractivity contribution in [3.8, 4) is 0 Å². The van der Waals surface area contributed by atoms with Gasteiger partial charge < -0.3 is 4.57 Å². The molecule has 0 fully saturated rings. The van der Waals surface area contributed by atoms with E-state index in [2.05, 4.69) is 9.98 Å². The van der Waals surface area contributed by atoms with Crippen molar-refractivity contribution in [2.45, 2.75) is 13.0 Å². The zero-order valence-corrected chi connectivity index (χ0v) is 8.45. The Kier molecular flexibility index (Phi) is 2.63. The van der Waals surface area contributed by atoms with E-state index in [4.69, 9.17) is 0 Å². The number of hydrogen-bond acceptors (Lipinski definition) is 3. The number of rotatable bonds is 1. The molecule has 0 saturated heterocycles. The van der Waals surface area contributed by atoms with E-state index in [0.717, 1.165) is 5.31 Å². The predicted octanol–water partition coefficient (Wildman–Crippen LogP) is 1.99. The van der Waals surface area contributed by atoms with Gasteiger partial charge in [-0.2, -0.15) is 0 Å². The van der Waals surface area contributed by atoms with Crippen LogP contribution in [-0.2, 0) is 4.57 Å². The molecule has 0 aromatic rings. The second kappa shape index (κ2) is 3.36. The van der Waals surface area contributed by atoms with Gasteiger partial charge in [-0.05, 0) is 20.3 Å². The Morgan fingerprint density at radius 2 is 2.17 bits per heavy atom. The quantitative estimate of drug-likeness (QED) is 0.574. The van der Waals surface area contributed by atoms with Crippen molar-refractivity contribution >= 4 is 19.6 Å². The molecule has 0 aliphatic carbocycles. The lowest BCUT2D eigenvalue weighted by Crippen LogP contribution is -1.97. The Morgan fingerprint density at radius 1 is 1.50 bits per heavy atom. The molecule has 12 heavy (non-hydrogen) atoms. The molecule has 1 aliphatic rings. The Morgan fingerprint density at radius 3 is 2.75 bits per heavy atom. The second-order valence-electron chi connectivity index (χ2n) is 3.22. The highest BCUT2D eigenvalue weighted by Gasteiger charge is 2.13. The first-order valence-corrected chi connectivity index (χ1v) is 6.42. The Balaban J connectivity index is 2.95. The summed E-state index contributed by atoms with van der Waals surface area (Å²) in [5, 5.41) is 0.739. The summed E-state index contributed by atoms with van der Waals surface area (Å²) in [6, 6.07) is 0.0882. The number of aliphatic imine (C=N–C) groups is 2. The van der Waals surface area contributed by atoms with E-state index in [1.807, 2.05) is 6.92 Å². The molecule has 0 unspecified atom stereocenters. The minimum atomic E-state index is -2.20. The van der Waals surface area contributed by atoms with Gasteiger partial charge in [0.2, 0.25) is 0 Å². The largest absolute Gasteiger partial charge is 0.319 e. The first-order chi connectivity index (χ1) is 5.50. The maximum Gasteiger partial charge on any atom is 0.112 e. The van der Waals surface area contributed by atoms with Crippen LogP contribution in [0.1, 0.15) is 6.92 Å². The molecular formula is C8H13N2OP. The molecule has 3 nitrogen and oxygen atoms in total. The highest BCUT2D eigenvalue weighted by Crippen LogP contribution is 2.45. The average Bonchev–Trinajstić information content (AvgIpc) is 2.11. The summed E-state index contributed by atoms with van der Waals surface area (Å²) < 4.78 is 11.6. The second-order valence-corrected chi connectivity index (χ2v) is 6.44. The van der Waals surface area contributed by atoms with Crippen LogP contribution >= 0.6 is 7.14 Å². The van der Waals surface area contributed by atoms with Gasteiger partial charge in [-0.25, -0.2) is 0 Å². The zero-order valence-electron chi connectivity index (χ0n) is 7.56. The van der Waals surface area contributed by atoms with Gasteiger partial charge in [0.25, 0.3) is 0 Å². The van der Waals surface area contributed by atoms with Crippen molar-refractivity contribution < 1.29 is 4.57 Å². The maximum atomic E-state index is 11.6. The fourth-order valence-electron chi connectivity index (χ4n) is 0.788. The van der Waals surface area contributed by atoms with Crippen molar-refractivity contribution in [2.24, 2.45) is 9.98 Å². The molecule has 1 heterocycles. The molecule has 0 aromatic heterocycles. The van der Waals surface area contributed by atoms with E-state index in [0.29, 0.717) is 0 Å².